The zero-order valence-electron chi connectivity index (χ0n) is 16.3. The fourth-order valence-electron chi connectivity index (χ4n) is 3.33. The van der Waals surface area contributed by atoms with Crippen LogP contribution in [0, 0.1) is 6.92 Å². The number of hydrogen-bond acceptors (Lipinski definition) is 4. The third-order valence-corrected chi connectivity index (χ3v) is 5.16. The lowest BCUT2D eigenvalue weighted by atomic mass is 10.2. The second kappa shape index (κ2) is 8.85. The molecule has 0 saturated carbocycles. The highest BCUT2D eigenvalue weighted by Gasteiger charge is 2.17. The van der Waals surface area contributed by atoms with Gasteiger partial charge in [-0.1, -0.05) is 22.0 Å². The van der Waals surface area contributed by atoms with Crippen LogP contribution in [0.15, 0.2) is 34.8 Å². The maximum atomic E-state index is 5.55. The molecule has 0 spiro atoms. The Bertz CT molecular complexity index is 937. The van der Waals surface area contributed by atoms with E-state index in [1.54, 1.807) is 7.11 Å². The minimum absolute atomic E-state index is 0. The molecule has 7 heteroatoms. The van der Waals surface area contributed by atoms with Crippen LogP contribution >= 0.6 is 28.3 Å². The lowest BCUT2D eigenvalue weighted by molar-refractivity contribution is 0.416. The molecular weight excluding hydrogens is 428 g/mol. The lowest BCUT2D eigenvalue weighted by Gasteiger charge is -2.22. The quantitative estimate of drug-likeness (QED) is 0.522. The van der Waals surface area contributed by atoms with Crippen LogP contribution < -0.4 is 15.0 Å². The van der Waals surface area contributed by atoms with Gasteiger partial charge in [-0.15, -0.1) is 12.4 Å². The SMILES string of the molecule is CCN(CC)c1cccc2nc(Nc3c(C)cc(Br)cc3OC)n(C)c12.Cl. The summed E-state index contributed by atoms with van der Waals surface area (Å²) in [6, 6.07) is 10.3. The number of nitrogens with one attached hydrogen (secondary N) is 1. The molecule has 0 amide bonds. The summed E-state index contributed by atoms with van der Waals surface area (Å²) in [5.41, 5.74) is 5.33. The molecular formula is C20H26BrClN4O. The Morgan fingerprint density at radius 1 is 1.22 bits per heavy atom. The number of aryl methyl sites for hydroxylation is 2. The monoisotopic (exact) mass is 452 g/mol. The smallest absolute Gasteiger partial charge is 0.208 e. The molecule has 0 aliphatic rings. The summed E-state index contributed by atoms with van der Waals surface area (Å²) >= 11 is 3.52. The molecule has 0 unspecified atom stereocenters. The van der Waals surface area contributed by atoms with Gasteiger partial charge < -0.3 is 19.5 Å². The van der Waals surface area contributed by atoms with E-state index >= 15 is 0 Å². The maximum Gasteiger partial charge on any atom is 0.208 e. The number of methoxy groups -OCH3 is 1. The summed E-state index contributed by atoms with van der Waals surface area (Å²) in [4.78, 5) is 7.16. The molecule has 0 bridgehead atoms. The van der Waals surface area contributed by atoms with Crippen LogP contribution in [0.4, 0.5) is 17.3 Å². The van der Waals surface area contributed by atoms with E-state index in [4.69, 9.17) is 9.72 Å². The van der Waals surface area contributed by atoms with Gasteiger partial charge >= 0.3 is 0 Å². The first-order valence-electron chi connectivity index (χ1n) is 8.81. The molecule has 146 valence electrons. The van der Waals surface area contributed by atoms with Gasteiger partial charge in [0.05, 0.1) is 29.5 Å². The Labute approximate surface area is 175 Å². The van der Waals surface area contributed by atoms with Crippen LogP contribution in [-0.2, 0) is 7.05 Å². The van der Waals surface area contributed by atoms with Crippen molar-refractivity contribution in [3.8, 4) is 5.75 Å². The first-order chi connectivity index (χ1) is 12.5. The molecule has 0 radical (unpaired) electrons. The van der Waals surface area contributed by atoms with Gasteiger partial charge in [0.25, 0.3) is 0 Å². The molecule has 0 aliphatic heterocycles. The molecule has 3 rings (SSSR count). The number of imidazole rings is 1. The normalized spacial score (nSPS) is 10.6. The van der Waals surface area contributed by atoms with Crippen molar-refractivity contribution in [2.24, 2.45) is 7.05 Å². The van der Waals surface area contributed by atoms with E-state index in [1.165, 1.54) is 5.69 Å². The lowest BCUT2D eigenvalue weighted by Crippen LogP contribution is -2.22. The van der Waals surface area contributed by atoms with E-state index in [0.29, 0.717) is 0 Å². The highest BCUT2D eigenvalue weighted by molar-refractivity contribution is 9.10. The Kier molecular flexibility index (Phi) is 7.00. The molecule has 0 atom stereocenters. The van der Waals surface area contributed by atoms with Gasteiger partial charge in [-0.25, -0.2) is 4.98 Å². The molecule has 1 aromatic heterocycles. The Hall–Kier alpha value is -1.92. The standard InChI is InChI=1S/C20H25BrN4O.ClH/c1-6-25(7-2)16-10-8-9-15-19(16)24(4)20(22-15)23-18-13(3)11-14(21)12-17(18)26-5;/h8-12H,6-7H2,1-5H3,(H,22,23);1H. The fourth-order valence-corrected chi connectivity index (χ4v) is 3.88. The number of fused-ring (bicyclic) bond motifs is 1. The Morgan fingerprint density at radius 2 is 1.93 bits per heavy atom. The second-order valence-corrected chi connectivity index (χ2v) is 7.15. The average molecular weight is 454 g/mol. The predicted molar refractivity (Wildman–Crippen MR) is 120 cm³/mol. The highest BCUT2D eigenvalue weighted by atomic mass is 79.9. The molecule has 0 aliphatic carbocycles. The van der Waals surface area contributed by atoms with Gasteiger partial charge in [-0.05, 0) is 50.6 Å². The van der Waals surface area contributed by atoms with Crippen LogP contribution in [0.5, 0.6) is 5.75 Å². The van der Waals surface area contributed by atoms with Crippen molar-refractivity contribution >= 4 is 56.7 Å². The zero-order valence-corrected chi connectivity index (χ0v) is 18.7. The largest absolute Gasteiger partial charge is 0.495 e. The number of benzene rings is 2. The molecule has 0 fully saturated rings. The minimum atomic E-state index is 0. The number of para-hydroxylation sites is 1. The number of halogens is 2. The Balaban J connectivity index is 0.00000261. The van der Waals surface area contributed by atoms with Crippen LogP contribution in [0.2, 0.25) is 0 Å². The number of aromatic nitrogens is 2. The average Bonchev–Trinajstić information content (AvgIpc) is 2.94. The van der Waals surface area contributed by atoms with Crippen molar-refractivity contribution in [1.29, 1.82) is 0 Å². The van der Waals surface area contributed by atoms with E-state index in [2.05, 4.69) is 75.8 Å². The number of anilines is 3. The number of nitrogens with zero attached hydrogens (tertiary/aromatic N) is 3. The van der Waals surface area contributed by atoms with Crippen LogP contribution in [0.3, 0.4) is 0 Å². The van der Waals surface area contributed by atoms with Gasteiger partial charge in [0, 0.05) is 24.6 Å². The summed E-state index contributed by atoms with van der Waals surface area (Å²) < 4.78 is 8.66. The summed E-state index contributed by atoms with van der Waals surface area (Å²) in [6.07, 6.45) is 0. The third-order valence-electron chi connectivity index (χ3n) is 4.70. The Morgan fingerprint density at radius 3 is 2.56 bits per heavy atom. The summed E-state index contributed by atoms with van der Waals surface area (Å²) in [7, 11) is 3.73. The van der Waals surface area contributed by atoms with E-state index in [1.807, 2.05) is 13.1 Å². The van der Waals surface area contributed by atoms with E-state index < -0.39 is 0 Å². The van der Waals surface area contributed by atoms with Gasteiger partial charge in [-0.3, -0.25) is 0 Å². The van der Waals surface area contributed by atoms with Gasteiger partial charge in [0.2, 0.25) is 5.95 Å². The van der Waals surface area contributed by atoms with Gasteiger partial charge in [0.15, 0.2) is 0 Å². The third kappa shape index (κ3) is 4.01. The molecule has 5 nitrogen and oxygen atoms in total. The summed E-state index contributed by atoms with van der Waals surface area (Å²) in [6.45, 7) is 8.33. The predicted octanol–water partition coefficient (Wildman–Crippen LogP) is 5.66. The van der Waals surface area contributed by atoms with Crippen molar-refractivity contribution in [3.05, 3.63) is 40.4 Å². The van der Waals surface area contributed by atoms with Crippen molar-refractivity contribution < 1.29 is 4.74 Å². The first kappa shape index (κ1) is 21.4. The molecule has 3 aromatic rings. The van der Waals surface area contributed by atoms with Crippen molar-refractivity contribution in [1.82, 2.24) is 9.55 Å². The minimum Gasteiger partial charge on any atom is -0.495 e. The van der Waals surface area contributed by atoms with Crippen LogP contribution in [0.25, 0.3) is 11.0 Å². The van der Waals surface area contributed by atoms with Crippen molar-refractivity contribution in [2.45, 2.75) is 20.8 Å². The number of hydrogen-bond donors (Lipinski definition) is 1. The topological polar surface area (TPSA) is 42.3 Å². The number of ether oxygens (including phenoxy) is 1. The van der Waals surface area contributed by atoms with Crippen LogP contribution in [-0.4, -0.2) is 29.8 Å². The second-order valence-electron chi connectivity index (χ2n) is 6.24. The van der Waals surface area contributed by atoms with Gasteiger partial charge in [-0.2, -0.15) is 0 Å². The summed E-state index contributed by atoms with van der Waals surface area (Å²) in [5, 5.41) is 3.47. The highest BCUT2D eigenvalue weighted by Crippen LogP contribution is 2.36. The molecule has 27 heavy (non-hydrogen) atoms. The molecule has 2 aromatic carbocycles. The summed E-state index contributed by atoms with van der Waals surface area (Å²) in [5.74, 6) is 1.58. The maximum absolute atomic E-state index is 5.55. The number of rotatable bonds is 6. The van der Waals surface area contributed by atoms with E-state index in [0.717, 1.165) is 51.5 Å². The van der Waals surface area contributed by atoms with Crippen molar-refractivity contribution in [3.63, 3.8) is 0 Å². The zero-order chi connectivity index (χ0) is 18.8. The van der Waals surface area contributed by atoms with Crippen molar-refractivity contribution in [2.75, 3.05) is 30.4 Å². The van der Waals surface area contributed by atoms with E-state index in [-0.39, 0.29) is 12.4 Å². The fraction of sp³-hybridized carbons (Fsp3) is 0.350. The van der Waals surface area contributed by atoms with Gasteiger partial charge in [0.1, 0.15) is 5.75 Å². The molecule has 1 heterocycles. The van der Waals surface area contributed by atoms with Crippen LogP contribution in [0.1, 0.15) is 19.4 Å². The van der Waals surface area contributed by atoms with E-state index in [9.17, 15) is 0 Å². The first-order valence-corrected chi connectivity index (χ1v) is 9.60. The molecule has 1 N–H and O–H groups in total. The molecule has 0 saturated heterocycles.